The van der Waals surface area contributed by atoms with Gasteiger partial charge in [0.1, 0.15) is 5.60 Å². The molecule has 2 atom stereocenters. The van der Waals surface area contributed by atoms with E-state index in [4.69, 9.17) is 8.92 Å². The summed E-state index contributed by atoms with van der Waals surface area (Å²) in [4.78, 5) is 11.8. The Hall–Kier alpha value is -0.820. The quantitative estimate of drug-likeness (QED) is 0.804. The molecule has 1 rings (SSSR count). The van der Waals surface area contributed by atoms with E-state index in [0.29, 0.717) is 0 Å². The highest BCUT2D eigenvalue weighted by atomic mass is 32.2. The zero-order valence-electron chi connectivity index (χ0n) is 12.6. The van der Waals surface area contributed by atoms with Crippen molar-refractivity contribution in [1.82, 2.24) is 5.32 Å². The van der Waals surface area contributed by atoms with E-state index < -0.39 is 21.8 Å². The van der Waals surface area contributed by atoms with Gasteiger partial charge in [-0.2, -0.15) is 8.42 Å². The number of hydrogen-bond acceptors (Lipinski definition) is 5. The number of hydrogen-bond donors (Lipinski definition) is 1. The second kappa shape index (κ2) is 6.76. The summed E-state index contributed by atoms with van der Waals surface area (Å²) in [6.45, 7) is 5.52. The van der Waals surface area contributed by atoms with Crippen molar-refractivity contribution >= 4 is 16.2 Å². The van der Waals surface area contributed by atoms with Crippen LogP contribution < -0.4 is 5.32 Å². The fraction of sp³-hybridized carbons (Fsp3) is 0.923. The van der Waals surface area contributed by atoms with Crippen LogP contribution in [-0.4, -0.2) is 39.0 Å². The molecular weight excluding hydrogens is 282 g/mol. The fourth-order valence-corrected chi connectivity index (χ4v) is 2.69. The molecule has 0 aromatic carbocycles. The molecule has 0 saturated heterocycles. The van der Waals surface area contributed by atoms with Crippen LogP contribution in [0.15, 0.2) is 0 Å². The first-order valence-corrected chi connectivity index (χ1v) is 8.72. The first kappa shape index (κ1) is 17.2. The molecule has 6 nitrogen and oxygen atoms in total. The standard InChI is InChI=1S/C13H25NO5S/c1-13(2,3)19-12(15)14-11-8-6-5-7-10(11)9-18-20(4,16)17/h10-11H,5-9H2,1-4H3,(H,14,15)/t10-,11+/m1/s1. The van der Waals surface area contributed by atoms with Crippen LogP contribution in [0.3, 0.4) is 0 Å². The van der Waals surface area contributed by atoms with E-state index in [9.17, 15) is 13.2 Å². The van der Waals surface area contributed by atoms with E-state index in [1.54, 1.807) is 20.8 Å². The van der Waals surface area contributed by atoms with E-state index >= 15 is 0 Å². The highest BCUT2D eigenvalue weighted by Crippen LogP contribution is 2.25. The Balaban J connectivity index is 2.54. The summed E-state index contributed by atoms with van der Waals surface area (Å²) < 4.78 is 32.2. The summed E-state index contributed by atoms with van der Waals surface area (Å²) in [7, 11) is -3.45. The van der Waals surface area contributed by atoms with Crippen molar-refractivity contribution in [3.05, 3.63) is 0 Å². The second-order valence-corrected chi connectivity index (χ2v) is 7.93. The Morgan fingerprint density at radius 1 is 1.25 bits per heavy atom. The third-order valence-corrected chi connectivity index (χ3v) is 3.67. The molecule has 0 spiro atoms. The molecule has 0 aromatic heterocycles. The molecule has 1 saturated carbocycles. The Morgan fingerprint density at radius 3 is 2.40 bits per heavy atom. The lowest BCUT2D eigenvalue weighted by atomic mass is 9.85. The molecule has 7 heteroatoms. The monoisotopic (exact) mass is 307 g/mol. The molecule has 1 fully saturated rings. The summed E-state index contributed by atoms with van der Waals surface area (Å²) in [5.41, 5.74) is -0.544. The van der Waals surface area contributed by atoms with Crippen LogP contribution >= 0.6 is 0 Å². The van der Waals surface area contributed by atoms with Gasteiger partial charge >= 0.3 is 6.09 Å². The third-order valence-electron chi connectivity index (χ3n) is 3.11. The minimum Gasteiger partial charge on any atom is -0.444 e. The summed E-state index contributed by atoms with van der Waals surface area (Å²) in [6, 6.07) is -0.0969. The normalized spacial score (nSPS) is 24.2. The zero-order chi connectivity index (χ0) is 15.4. The number of alkyl carbamates (subject to hydrolysis) is 1. The number of carbonyl (C=O) groups is 1. The highest BCUT2D eigenvalue weighted by molar-refractivity contribution is 7.85. The average molecular weight is 307 g/mol. The fourth-order valence-electron chi connectivity index (χ4n) is 2.27. The minimum atomic E-state index is -3.45. The second-order valence-electron chi connectivity index (χ2n) is 6.29. The van der Waals surface area contributed by atoms with Crippen molar-refractivity contribution in [2.24, 2.45) is 5.92 Å². The molecule has 1 aliphatic carbocycles. The predicted molar refractivity (Wildman–Crippen MR) is 75.9 cm³/mol. The highest BCUT2D eigenvalue weighted by Gasteiger charge is 2.29. The van der Waals surface area contributed by atoms with Crippen LogP contribution in [0.25, 0.3) is 0 Å². The van der Waals surface area contributed by atoms with Crippen molar-refractivity contribution in [3.63, 3.8) is 0 Å². The minimum absolute atomic E-state index is 0.00555. The number of carbonyl (C=O) groups excluding carboxylic acids is 1. The first-order chi connectivity index (χ1) is 9.07. The SMILES string of the molecule is CC(C)(C)OC(=O)N[C@H]1CCCC[C@@H]1COS(C)(=O)=O. The van der Waals surface area contributed by atoms with Gasteiger partial charge in [-0.3, -0.25) is 4.18 Å². The maximum Gasteiger partial charge on any atom is 0.407 e. The van der Waals surface area contributed by atoms with Crippen LogP contribution in [0.2, 0.25) is 0 Å². The lowest BCUT2D eigenvalue weighted by Crippen LogP contribution is -2.45. The Kier molecular flexibility index (Phi) is 5.82. The molecule has 0 aromatic rings. The van der Waals surface area contributed by atoms with Gasteiger partial charge in [-0.05, 0) is 33.6 Å². The number of nitrogens with one attached hydrogen (secondary N) is 1. The molecule has 0 unspecified atom stereocenters. The van der Waals surface area contributed by atoms with Crippen LogP contribution in [0.1, 0.15) is 46.5 Å². The van der Waals surface area contributed by atoms with Crippen molar-refractivity contribution in [1.29, 1.82) is 0 Å². The maximum absolute atomic E-state index is 11.8. The molecule has 1 amide bonds. The molecule has 0 aliphatic heterocycles. The largest absolute Gasteiger partial charge is 0.444 e. The van der Waals surface area contributed by atoms with Gasteiger partial charge < -0.3 is 10.1 Å². The molecule has 0 heterocycles. The van der Waals surface area contributed by atoms with Crippen molar-refractivity contribution in [2.45, 2.75) is 58.1 Å². The lowest BCUT2D eigenvalue weighted by molar-refractivity contribution is 0.0453. The van der Waals surface area contributed by atoms with Gasteiger partial charge in [0.15, 0.2) is 0 Å². The number of ether oxygens (including phenoxy) is 1. The average Bonchev–Trinajstić information content (AvgIpc) is 2.24. The Labute approximate surface area is 121 Å². The van der Waals surface area contributed by atoms with E-state index in [1.165, 1.54) is 0 Å². The van der Waals surface area contributed by atoms with Crippen molar-refractivity contribution in [3.8, 4) is 0 Å². The zero-order valence-corrected chi connectivity index (χ0v) is 13.5. The lowest BCUT2D eigenvalue weighted by Gasteiger charge is -2.32. The van der Waals surface area contributed by atoms with E-state index in [1.807, 2.05) is 0 Å². The summed E-state index contributed by atoms with van der Waals surface area (Å²) in [5.74, 6) is 0.00555. The Morgan fingerprint density at radius 2 is 1.85 bits per heavy atom. The first-order valence-electron chi connectivity index (χ1n) is 6.91. The van der Waals surface area contributed by atoms with E-state index in [0.717, 1.165) is 31.9 Å². The molecule has 1 aliphatic rings. The van der Waals surface area contributed by atoms with Crippen LogP contribution in [0, 0.1) is 5.92 Å². The van der Waals surface area contributed by atoms with Gasteiger partial charge in [0.2, 0.25) is 0 Å². The van der Waals surface area contributed by atoms with Crippen molar-refractivity contribution < 1.29 is 22.1 Å². The summed E-state index contributed by atoms with van der Waals surface area (Å²) in [5, 5.41) is 2.83. The number of amides is 1. The maximum atomic E-state index is 11.8. The van der Waals surface area contributed by atoms with E-state index in [2.05, 4.69) is 5.32 Å². The van der Waals surface area contributed by atoms with Crippen LogP contribution in [-0.2, 0) is 19.0 Å². The number of rotatable bonds is 4. The predicted octanol–water partition coefficient (Wildman–Crippen LogP) is 2.05. The molecular formula is C13H25NO5S. The Bertz CT molecular complexity index is 427. The molecule has 20 heavy (non-hydrogen) atoms. The molecule has 0 radical (unpaired) electrons. The topological polar surface area (TPSA) is 81.7 Å². The molecule has 118 valence electrons. The van der Waals surface area contributed by atoms with Crippen LogP contribution in [0.4, 0.5) is 4.79 Å². The van der Waals surface area contributed by atoms with Gasteiger partial charge in [-0.15, -0.1) is 0 Å². The van der Waals surface area contributed by atoms with Gasteiger partial charge in [0, 0.05) is 12.0 Å². The van der Waals surface area contributed by atoms with Crippen molar-refractivity contribution in [2.75, 3.05) is 12.9 Å². The van der Waals surface area contributed by atoms with E-state index in [-0.39, 0.29) is 18.6 Å². The van der Waals surface area contributed by atoms with Gasteiger partial charge in [0.25, 0.3) is 10.1 Å². The van der Waals surface area contributed by atoms with Gasteiger partial charge in [-0.25, -0.2) is 4.79 Å². The smallest absolute Gasteiger partial charge is 0.407 e. The van der Waals surface area contributed by atoms with Gasteiger partial charge in [-0.1, -0.05) is 12.8 Å². The summed E-state index contributed by atoms with van der Waals surface area (Å²) >= 11 is 0. The molecule has 1 N–H and O–H groups in total. The summed E-state index contributed by atoms with van der Waals surface area (Å²) in [6.07, 6.45) is 4.26. The van der Waals surface area contributed by atoms with Gasteiger partial charge in [0.05, 0.1) is 12.9 Å². The third kappa shape index (κ3) is 7.09. The molecule has 0 bridgehead atoms. The van der Waals surface area contributed by atoms with Crippen LogP contribution in [0.5, 0.6) is 0 Å².